The molecule has 1 aliphatic rings. The number of ether oxygens (including phenoxy) is 1. The highest BCUT2D eigenvalue weighted by atomic mass is 16.5. The Hall–Kier alpha value is -2.29. The molecule has 3 N–H and O–H groups in total. The van der Waals surface area contributed by atoms with Crippen LogP contribution in [0, 0.1) is 5.92 Å². The zero-order chi connectivity index (χ0) is 13.9. The molecule has 1 saturated heterocycles. The fourth-order valence-electron chi connectivity index (χ4n) is 2.13. The molecule has 1 aliphatic heterocycles. The van der Waals surface area contributed by atoms with Crippen LogP contribution in [0.25, 0.3) is 5.95 Å². The van der Waals surface area contributed by atoms with Crippen molar-refractivity contribution in [1.82, 2.24) is 29.7 Å². The van der Waals surface area contributed by atoms with Crippen LogP contribution in [0.15, 0.2) is 12.7 Å². The fourth-order valence-corrected chi connectivity index (χ4v) is 2.13. The van der Waals surface area contributed by atoms with Crippen LogP contribution >= 0.6 is 0 Å². The van der Waals surface area contributed by atoms with Crippen molar-refractivity contribution < 1.29 is 4.74 Å². The van der Waals surface area contributed by atoms with Gasteiger partial charge in [0.15, 0.2) is 0 Å². The van der Waals surface area contributed by atoms with E-state index in [-0.39, 0.29) is 12.0 Å². The minimum absolute atomic E-state index is 0.142. The molecule has 20 heavy (non-hydrogen) atoms. The van der Waals surface area contributed by atoms with Crippen LogP contribution in [0.2, 0.25) is 0 Å². The number of nitrogens with one attached hydrogen (secondary N) is 1. The van der Waals surface area contributed by atoms with E-state index in [1.165, 1.54) is 17.3 Å². The minimum atomic E-state index is 0.142. The molecule has 3 rings (SSSR count). The first kappa shape index (κ1) is 12.7. The Morgan fingerprint density at radius 2 is 2.35 bits per heavy atom. The Balaban J connectivity index is 1.79. The lowest BCUT2D eigenvalue weighted by Crippen LogP contribution is -2.27. The molecule has 2 aromatic heterocycles. The summed E-state index contributed by atoms with van der Waals surface area (Å²) in [6, 6.07) is 0.197. The molecule has 1 fully saturated rings. The Kier molecular flexibility index (Phi) is 3.42. The van der Waals surface area contributed by atoms with E-state index < -0.39 is 0 Å². The third-order valence-electron chi connectivity index (χ3n) is 3.29. The van der Waals surface area contributed by atoms with Gasteiger partial charge in [0.1, 0.15) is 12.7 Å². The number of nitrogens with two attached hydrogens (primary N) is 1. The van der Waals surface area contributed by atoms with Crippen LogP contribution in [0.5, 0.6) is 0 Å². The zero-order valence-electron chi connectivity index (χ0n) is 11.1. The topological polar surface area (TPSA) is 117 Å². The van der Waals surface area contributed by atoms with Gasteiger partial charge in [-0.05, 0) is 13.3 Å². The number of nitrogens with zero attached hydrogens (tertiary/aromatic N) is 6. The van der Waals surface area contributed by atoms with Crippen molar-refractivity contribution in [3.8, 4) is 5.95 Å². The molecule has 0 bridgehead atoms. The summed E-state index contributed by atoms with van der Waals surface area (Å²) in [4.78, 5) is 16.3. The van der Waals surface area contributed by atoms with Crippen LogP contribution in [-0.4, -0.2) is 49.0 Å². The largest absolute Gasteiger partial charge is 0.381 e. The Morgan fingerprint density at radius 1 is 1.45 bits per heavy atom. The number of rotatable bonds is 4. The molecule has 2 unspecified atom stereocenters. The predicted octanol–water partition coefficient (Wildman–Crippen LogP) is -0.129. The third kappa shape index (κ3) is 2.67. The standard InChI is InChI=1S/C11H16N8O/c1-7(8-2-3-20-4-8)15-10-16-9(12)17-11(18-10)19-6-13-5-14-19/h5-8H,2-4H2,1H3,(H3,12,15,16,17,18). The molecule has 106 valence electrons. The van der Waals surface area contributed by atoms with Crippen molar-refractivity contribution in [2.75, 3.05) is 24.3 Å². The first-order valence-electron chi connectivity index (χ1n) is 6.43. The van der Waals surface area contributed by atoms with Gasteiger partial charge in [0.05, 0.1) is 6.61 Å². The van der Waals surface area contributed by atoms with Crippen molar-refractivity contribution >= 4 is 11.9 Å². The monoisotopic (exact) mass is 276 g/mol. The Bertz CT molecular complexity index is 566. The SMILES string of the molecule is CC(Nc1nc(N)nc(-n2cncn2)n1)C1CCOC1. The zero-order valence-corrected chi connectivity index (χ0v) is 11.1. The van der Waals surface area contributed by atoms with Gasteiger partial charge in [-0.2, -0.15) is 24.7 Å². The molecule has 2 aromatic rings. The molecule has 9 heteroatoms. The molecule has 0 amide bonds. The van der Waals surface area contributed by atoms with Crippen molar-refractivity contribution in [3.05, 3.63) is 12.7 Å². The molecular formula is C11H16N8O. The average molecular weight is 276 g/mol. The second-order valence-electron chi connectivity index (χ2n) is 4.71. The molecule has 0 radical (unpaired) electrons. The summed E-state index contributed by atoms with van der Waals surface area (Å²) >= 11 is 0. The van der Waals surface area contributed by atoms with Crippen molar-refractivity contribution in [2.45, 2.75) is 19.4 Å². The summed E-state index contributed by atoms with van der Waals surface area (Å²) in [5.41, 5.74) is 5.71. The second-order valence-corrected chi connectivity index (χ2v) is 4.71. The van der Waals surface area contributed by atoms with Gasteiger partial charge < -0.3 is 15.8 Å². The molecule has 3 heterocycles. The molecule has 0 saturated carbocycles. The molecule has 9 nitrogen and oxygen atoms in total. The summed E-state index contributed by atoms with van der Waals surface area (Å²) in [5, 5.41) is 7.22. The maximum absolute atomic E-state index is 5.71. The fraction of sp³-hybridized carbons (Fsp3) is 0.545. The van der Waals surface area contributed by atoms with Crippen molar-refractivity contribution in [2.24, 2.45) is 5.92 Å². The normalized spacial score (nSPS) is 19.9. The number of anilines is 2. The van der Waals surface area contributed by atoms with E-state index in [2.05, 4.69) is 37.3 Å². The van der Waals surface area contributed by atoms with Crippen molar-refractivity contribution in [3.63, 3.8) is 0 Å². The van der Waals surface area contributed by atoms with E-state index >= 15 is 0 Å². The molecule has 0 spiro atoms. The second kappa shape index (κ2) is 5.37. The van der Waals surface area contributed by atoms with Gasteiger partial charge in [-0.15, -0.1) is 0 Å². The van der Waals surface area contributed by atoms with Crippen LogP contribution in [0.3, 0.4) is 0 Å². The number of hydrogen-bond donors (Lipinski definition) is 2. The highest BCUT2D eigenvalue weighted by Gasteiger charge is 2.23. The van der Waals surface area contributed by atoms with Crippen LogP contribution in [0.4, 0.5) is 11.9 Å². The number of aromatic nitrogens is 6. The Labute approximate surface area is 115 Å². The van der Waals surface area contributed by atoms with Gasteiger partial charge in [-0.3, -0.25) is 0 Å². The van der Waals surface area contributed by atoms with Gasteiger partial charge in [-0.1, -0.05) is 0 Å². The van der Waals surface area contributed by atoms with E-state index in [0.717, 1.165) is 19.6 Å². The van der Waals surface area contributed by atoms with Crippen LogP contribution in [0.1, 0.15) is 13.3 Å². The quantitative estimate of drug-likeness (QED) is 0.793. The molecule has 0 aromatic carbocycles. The molecule has 0 aliphatic carbocycles. The van der Waals surface area contributed by atoms with Crippen LogP contribution in [-0.2, 0) is 4.74 Å². The van der Waals surface area contributed by atoms with Gasteiger partial charge in [-0.25, -0.2) is 4.98 Å². The van der Waals surface area contributed by atoms with Gasteiger partial charge in [0, 0.05) is 18.6 Å². The number of nitrogen functional groups attached to an aromatic ring is 1. The highest BCUT2D eigenvalue weighted by Crippen LogP contribution is 2.19. The Morgan fingerprint density at radius 3 is 3.05 bits per heavy atom. The predicted molar refractivity (Wildman–Crippen MR) is 71.2 cm³/mol. The first-order valence-corrected chi connectivity index (χ1v) is 6.43. The first-order chi connectivity index (χ1) is 9.72. The molecular weight excluding hydrogens is 260 g/mol. The lowest BCUT2D eigenvalue weighted by atomic mass is 10.0. The lowest BCUT2D eigenvalue weighted by molar-refractivity contribution is 0.183. The van der Waals surface area contributed by atoms with Gasteiger partial charge in [0.25, 0.3) is 5.95 Å². The van der Waals surface area contributed by atoms with E-state index in [1.54, 1.807) is 0 Å². The average Bonchev–Trinajstić information content (AvgIpc) is 3.12. The maximum atomic E-state index is 5.71. The number of hydrogen-bond acceptors (Lipinski definition) is 8. The summed E-state index contributed by atoms with van der Waals surface area (Å²) in [6.45, 7) is 3.64. The van der Waals surface area contributed by atoms with Crippen molar-refractivity contribution in [1.29, 1.82) is 0 Å². The molecule has 2 atom stereocenters. The van der Waals surface area contributed by atoms with E-state index in [4.69, 9.17) is 10.5 Å². The van der Waals surface area contributed by atoms with Crippen LogP contribution < -0.4 is 11.1 Å². The smallest absolute Gasteiger partial charge is 0.258 e. The van der Waals surface area contributed by atoms with E-state index in [9.17, 15) is 0 Å². The lowest BCUT2D eigenvalue weighted by Gasteiger charge is -2.19. The van der Waals surface area contributed by atoms with Gasteiger partial charge in [0.2, 0.25) is 11.9 Å². The summed E-state index contributed by atoms with van der Waals surface area (Å²) < 4.78 is 6.82. The maximum Gasteiger partial charge on any atom is 0.258 e. The van der Waals surface area contributed by atoms with Gasteiger partial charge >= 0.3 is 0 Å². The summed E-state index contributed by atoms with van der Waals surface area (Å²) in [7, 11) is 0. The van der Waals surface area contributed by atoms with E-state index in [1.807, 2.05) is 0 Å². The highest BCUT2D eigenvalue weighted by molar-refractivity contribution is 5.35. The van der Waals surface area contributed by atoms with E-state index in [0.29, 0.717) is 17.8 Å². The summed E-state index contributed by atoms with van der Waals surface area (Å²) in [5.74, 6) is 1.36. The third-order valence-corrected chi connectivity index (χ3v) is 3.29. The summed E-state index contributed by atoms with van der Waals surface area (Å²) in [6.07, 6.45) is 3.95. The minimum Gasteiger partial charge on any atom is -0.381 e.